The first-order valence-electron chi connectivity index (χ1n) is 1.88. The van der Waals surface area contributed by atoms with Gasteiger partial charge in [0.1, 0.15) is 5.71 Å². The smallest absolute Gasteiger partial charge is 0.177 e. The molecule has 0 aliphatic carbocycles. The third kappa shape index (κ3) is 3.33. The van der Waals surface area contributed by atoms with Crippen LogP contribution in [0.4, 0.5) is 0 Å². The Morgan fingerprint density at radius 2 is 1.88 bits per heavy atom. The van der Waals surface area contributed by atoms with Crippen molar-refractivity contribution in [1.82, 2.24) is 0 Å². The van der Waals surface area contributed by atoms with Gasteiger partial charge < -0.3 is 5.21 Å². The van der Waals surface area contributed by atoms with Crippen molar-refractivity contribution in [2.24, 2.45) is 5.16 Å². The lowest BCUT2D eigenvalue weighted by Gasteiger charge is -1.82. The molecule has 0 fully saturated rings. The van der Waals surface area contributed by atoms with Crippen molar-refractivity contribution in [3.63, 3.8) is 0 Å². The molecule has 0 aromatic rings. The lowest BCUT2D eigenvalue weighted by atomic mass is 10.3. The molecule has 48 valence electrons. The van der Waals surface area contributed by atoms with Gasteiger partial charge in [0, 0.05) is 6.92 Å². The quantitative estimate of drug-likeness (QED) is 0.317. The van der Waals surface area contributed by atoms with Crippen LogP contribution in [0.2, 0.25) is 0 Å². The number of hydrogen-bond donors (Lipinski definition) is 1. The third-order valence-electron chi connectivity index (χ3n) is 0.660. The molecule has 0 saturated carbocycles. The first-order chi connectivity index (χ1) is 3.18. The molecule has 0 bridgehead atoms. The molecule has 0 rings (SSSR count). The van der Waals surface area contributed by atoms with Crippen LogP contribution in [0.15, 0.2) is 5.16 Å². The van der Waals surface area contributed by atoms with Crippen LogP contribution in [0, 0.1) is 0 Å². The van der Waals surface area contributed by atoms with Gasteiger partial charge in [-0.15, -0.1) is 0 Å². The van der Waals surface area contributed by atoms with Gasteiger partial charge >= 0.3 is 0 Å². The highest BCUT2D eigenvalue weighted by Crippen LogP contribution is 1.73. The molecule has 0 amide bonds. The van der Waals surface area contributed by atoms with Crippen LogP contribution in [0.5, 0.6) is 0 Å². The minimum Gasteiger partial charge on any atom is -0.411 e. The Kier molecular flexibility index (Phi) is 5.48. The molecule has 0 aliphatic rings. The Balaban J connectivity index is 0. The van der Waals surface area contributed by atoms with Crippen LogP contribution >= 0.6 is 0 Å². The first kappa shape index (κ1) is 10.2. The number of ketones is 1. The Morgan fingerprint density at radius 1 is 1.50 bits per heavy atom. The van der Waals surface area contributed by atoms with Crippen LogP contribution in [0.3, 0.4) is 0 Å². The number of Topliss-reactive ketones (excluding diaryl/α,β-unsaturated/α-hetero) is 1. The normalized spacial score (nSPS) is 10.0. The van der Waals surface area contributed by atoms with E-state index in [1.807, 2.05) is 0 Å². The number of carbonyl (C=O) groups excluding carboxylic acids is 1. The second-order valence-electron chi connectivity index (χ2n) is 1.24. The Labute approximate surface area is 49.0 Å². The van der Waals surface area contributed by atoms with Gasteiger partial charge in [0.25, 0.3) is 0 Å². The Morgan fingerprint density at radius 3 is 1.88 bits per heavy atom. The molecule has 0 aromatic carbocycles. The standard InChI is InChI=1S/C4H7NO2.CH4/c1-3(5-7)4(2)6;/h7H,1-2H3;1H4/b5-3+;. The maximum absolute atomic E-state index is 10.1. The zero-order valence-electron chi connectivity index (χ0n) is 4.30. The summed E-state index contributed by atoms with van der Waals surface area (Å²) in [7, 11) is 0. The predicted molar refractivity (Wildman–Crippen MR) is 32.3 cm³/mol. The highest BCUT2D eigenvalue weighted by atomic mass is 16.4. The number of nitrogens with zero attached hydrogens (tertiary/aromatic N) is 1. The molecule has 3 nitrogen and oxygen atoms in total. The summed E-state index contributed by atoms with van der Waals surface area (Å²) in [6, 6.07) is 0. The fourth-order valence-corrected chi connectivity index (χ4v) is 0.0704. The van der Waals surface area contributed by atoms with Gasteiger partial charge in [0.15, 0.2) is 5.78 Å². The van der Waals surface area contributed by atoms with E-state index in [4.69, 9.17) is 5.21 Å². The van der Waals surface area contributed by atoms with E-state index in [0.717, 1.165) is 0 Å². The first-order valence-corrected chi connectivity index (χ1v) is 1.88. The van der Waals surface area contributed by atoms with Crippen molar-refractivity contribution in [2.45, 2.75) is 21.3 Å². The van der Waals surface area contributed by atoms with E-state index in [2.05, 4.69) is 5.16 Å². The van der Waals surface area contributed by atoms with E-state index in [1.165, 1.54) is 13.8 Å². The van der Waals surface area contributed by atoms with Crippen molar-refractivity contribution < 1.29 is 10.0 Å². The van der Waals surface area contributed by atoms with E-state index in [9.17, 15) is 4.79 Å². The second-order valence-corrected chi connectivity index (χ2v) is 1.24. The summed E-state index contributed by atoms with van der Waals surface area (Å²) in [6.45, 7) is 2.79. The molecule has 0 saturated heterocycles. The molecule has 8 heavy (non-hydrogen) atoms. The zero-order valence-corrected chi connectivity index (χ0v) is 4.30. The third-order valence-corrected chi connectivity index (χ3v) is 0.660. The maximum Gasteiger partial charge on any atom is 0.177 e. The van der Waals surface area contributed by atoms with E-state index >= 15 is 0 Å². The van der Waals surface area contributed by atoms with E-state index in [1.54, 1.807) is 0 Å². The maximum atomic E-state index is 10.1. The lowest BCUT2D eigenvalue weighted by molar-refractivity contribution is -0.111. The van der Waals surface area contributed by atoms with Crippen LogP contribution in [-0.4, -0.2) is 16.7 Å². The molecular formula is C5H11NO2. The van der Waals surface area contributed by atoms with Crippen LogP contribution in [0.25, 0.3) is 0 Å². The topological polar surface area (TPSA) is 49.7 Å². The highest BCUT2D eigenvalue weighted by Gasteiger charge is 1.93. The monoisotopic (exact) mass is 117 g/mol. The van der Waals surface area contributed by atoms with Gasteiger partial charge in [0.05, 0.1) is 0 Å². The fraction of sp³-hybridized carbons (Fsp3) is 0.600. The summed E-state index contributed by atoms with van der Waals surface area (Å²) < 4.78 is 0. The minimum absolute atomic E-state index is 0. The van der Waals surface area contributed by atoms with E-state index < -0.39 is 0 Å². The molecule has 0 aromatic heterocycles. The van der Waals surface area contributed by atoms with Crippen molar-refractivity contribution in [1.29, 1.82) is 0 Å². The molecule has 0 heterocycles. The molecule has 3 heteroatoms. The molecule has 0 unspecified atom stereocenters. The van der Waals surface area contributed by atoms with Crippen molar-refractivity contribution in [2.75, 3.05) is 0 Å². The van der Waals surface area contributed by atoms with E-state index in [-0.39, 0.29) is 18.9 Å². The number of carbonyl (C=O) groups is 1. The van der Waals surface area contributed by atoms with Crippen LogP contribution in [0.1, 0.15) is 21.3 Å². The van der Waals surface area contributed by atoms with Crippen molar-refractivity contribution in [3.05, 3.63) is 0 Å². The lowest BCUT2D eigenvalue weighted by Crippen LogP contribution is -2.02. The largest absolute Gasteiger partial charge is 0.411 e. The molecule has 0 spiro atoms. The summed E-state index contributed by atoms with van der Waals surface area (Å²) in [5.41, 5.74) is 0.139. The summed E-state index contributed by atoms with van der Waals surface area (Å²) in [6.07, 6.45) is 0. The molecule has 0 atom stereocenters. The fourth-order valence-electron chi connectivity index (χ4n) is 0.0704. The van der Waals surface area contributed by atoms with Gasteiger partial charge in [-0.25, -0.2) is 0 Å². The van der Waals surface area contributed by atoms with Gasteiger partial charge in [-0.05, 0) is 6.92 Å². The highest BCUT2D eigenvalue weighted by molar-refractivity contribution is 6.37. The molecule has 0 aliphatic heterocycles. The minimum atomic E-state index is -0.206. The summed E-state index contributed by atoms with van der Waals surface area (Å²) >= 11 is 0. The van der Waals surface area contributed by atoms with Crippen molar-refractivity contribution >= 4 is 11.5 Å². The SMILES string of the molecule is C.CC(=O)/C(C)=N/O. The average molecular weight is 117 g/mol. The summed E-state index contributed by atoms with van der Waals surface area (Å²) in [5, 5.41) is 10.5. The van der Waals surface area contributed by atoms with Gasteiger partial charge in [-0.1, -0.05) is 12.6 Å². The molecule has 1 N–H and O–H groups in total. The van der Waals surface area contributed by atoms with Gasteiger partial charge in [-0.3, -0.25) is 4.79 Å². The summed E-state index contributed by atoms with van der Waals surface area (Å²) in [4.78, 5) is 10.1. The second kappa shape index (κ2) is 4.30. The number of hydrogen-bond acceptors (Lipinski definition) is 3. The Bertz CT molecular complexity index is 107. The Hall–Kier alpha value is -0.860. The molecular weight excluding hydrogens is 106 g/mol. The number of oxime groups is 1. The average Bonchev–Trinajstić information content (AvgIpc) is 1.65. The summed E-state index contributed by atoms with van der Waals surface area (Å²) in [5.74, 6) is -0.206. The van der Waals surface area contributed by atoms with Gasteiger partial charge in [0.2, 0.25) is 0 Å². The van der Waals surface area contributed by atoms with Crippen molar-refractivity contribution in [3.8, 4) is 0 Å². The predicted octanol–water partition coefficient (Wildman–Crippen LogP) is 1.06. The molecule has 0 radical (unpaired) electrons. The number of rotatable bonds is 1. The van der Waals surface area contributed by atoms with E-state index in [0.29, 0.717) is 0 Å². The zero-order chi connectivity index (χ0) is 5.86. The van der Waals surface area contributed by atoms with Crippen LogP contribution in [-0.2, 0) is 4.79 Å². The van der Waals surface area contributed by atoms with Gasteiger partial charge in [-0.2, -0.15) is 0 Å². The van der Waals surface area contributed by atoms with Crippen LogP contribution < -0.4 is 0 Å².